The molecular formula is C59H42N2O15. The number of hydrogen-bond donors (Lipinski definition) is 0. The van der Waals surface area contributed by atoms with Crippen LogP contribution in [0.15, 0.2) is 177 Å². The van der Waals surface area contributed by atoms with Crippen molar-refractivity contribution in [1.29, 1.82) is 0 Å². The van der Waals surface area contributed by atoms with Crippen molar-refractivity contribution in [2.45, 2.75) is 0 Å². The Labute approximate surface area is 432 Å². The van der Waals surface area contributed by atoms with Crippen molar-refractivity contribution in [3.05, 3.63) is 199 Å². The average Bonchev–Trinajstić information content (AvgIpc) is 3.45. The standard InChI is InChI=1S/C59H42N2O15/c1-4-52(62)71-39-14-18-41(19-15-39)73-56(64)35-6-10-37(11-7-35)58(66)75-44-22-25-46-47-26-23-45(76-59(67)38-12-8-36(9-13-38)57(65)74-42-20-16-40(17-21-42)72-53(63)5-2)33-49(47)55-54(48(46)32-44)60-50-27-24-43(34-51(50)61-55)70-31-30-69-29-28-68-3/h4-27,32-34H,1-2,28-31H2,3H3. The highest BCUT2D eigenvalue weighted by Gasteiger charge is 2.20. The molecule has 76 heavy (non-hydrogen) atoms. The third kappa shape index (κ3) is 12.0. The van der Waals surface area contributed by atoms with Gasteiger partial charge in [-0.2, -0.15) is 0 Å². The van der Waals surface area contributed by atoms with Crippen molar-refractivity contribution in [1.82, 2.24) is 9.97 Å². The Morgan fingerprint density at radius 1 is 0.382 bits per heavy atom. The van der Waals surface area contributed by atoms with Crippen molar-refractivity contribution >= 4 is 79.4 Å². The summed E-state index contributed by atoms with van der Waals surface area (Å²) in [5, 5.41) is 2.65. The van der Waals surface area contributed by atoms with Crippen LogP contribution in [0.1, 0.15) is 41.4 Å². The van der Waals surface area contributed by atoms with Crippen molar-refractivity contribution in [3.63, 3.8) is 0 Å². The summed E-state index contributed by atoms with van der Waals surface area (Å²) in [5.41, 5.74) is 2.62. The highest BCUT2D eigenvalue weighted by molar-refractivity contribution is 6.24. The molecule has 0 fully saturated rings. The molecule has 0 aliphatic heterocycles. The number of methoxy groups -OCH3 is 1. The monoisotopic (exact) mass is 1020 g/mol. The zero-order chi connectivity index (χ0) is 53.1. The van der Waals surface area contributed by atoms with Crippen LogP contribution in [-0.4, -0.2) is 79.3 Å². The van der Waals surface area contributed by atoms with Gasteiger partial charge in [-0.15, -0.1) is 0 Å². The van der Waals surface area contributed by atoms with Crippen LogP contribution in [0, 0.1) is 0 Å². The van der Waals surface area contributed by atoms with E-state index < -0.39 is 35.8 Å². The molecule has 17 nitrogen and oxygen atoms in total. The first-order chi connectivity index (χ1) is 36.9. The molecule has 0 amide bonds. The zero-order valence-corrected chi connectivity index (χ0v) is 40.3. The Bertz CT molecular complexity index is 3730. The van der Waals surface area contributed by atoms with Crippen LogP contribution in [0.4, 0.5) is 0 Å². The molecule has 8 aromatic carbocycles. The maximum Gasteiger partial charge on any atom is 0.343 e. The molecule has 0 aliphatic rings. The second kappa shape index (κ2) is 23.2. The lowest BCUT2D eigenvalue weighted by Crippen LogP contribution is -2.11. The molecule has 17 heteroatoms. The number of ether oxygens (including phenoxy) is 9. The smallest absolute Gasteiger partial charge is 0.343 e. The Balaban J connectivity index is 0.957. The minimum absolute atomic E-state index is 0.158. The second-order valence-corrected chi connectivity index (χ2v) is 16.3. The molecule has 0 atom stereocenters. The molecule has 0 spiro atoms. The van der Waals surface area contributed by atoms with Crippen molar-refractivity contribution in [2.75, 3.05) is 33.5 Å². The molecule has 378 valence electrons. The molecule has 0 saturated carbocycles. The van der Waals surface area contributed by atoms with Gasteiger partial charge in [0.15, 0.2) is 0 Å². The summed E-state index contributed by atoms with van der Waals surface area (Å²) < 4.78 is 49.3. The zero-order valence-electron chi connectivity index (χ0n) is 40.3. The summed E-state index contributed by atoms with van der Waals surface area (Å²) in [6.45, 7) is 8.23. The SMILES string of the molecule is C=CC(=O)Oc1ccc(OC(=O)c2ccc(C(=O)Oc3ccc4c5ccc(OC(=O)c6ccc(C(=O)Oc7ccc(OC(=O)C=C)cc7)cc6)cc5c5nc6cc(OCCOCCOC)ccc6nc5c4c3)cc2)cc1. The minimum atomic E-state index is -0.697. The molecule has 0 bridgehead atoms. The van der Waals surface area contributed by atoms with Gasteiger partial charge in [-0.3, -0.25) is 0 Å². The van der Waals surface area contributed by atoms with Gasteiger partial charge < -0.3 is 42.6 Å². The van der Waals surface area contributed by atoms with Crippen LogP contribution < -0.4 is 33.2 Å². The molecule has 0 radical (unpaired) electrons. The third-order valence-electron chi connectivity index (χ3n) is 11.3. The van der Waals surface area contributed by atoms with Gasteiger partial charge in [0.1, 0.15) is 46.9 Å². The summed E-state index contributed by atoms with van der Waals surface area (Å²) in [4.78, 5) is 86.1. The fourth-order valence-electron chi connectivity index (χ4n) is 7.61. The largest absolute Gasteiger partial charge is 0.491 e. The van der Waals surface area contributed by atoms with Crippen LogP contribution in [-0.2, 0) is 19.1 Å². The molecule has 9 aromatic rings. The van der Waals surface area contributed by atoms with Crippen LogP contribution in [0.2, 0.25) is 0 Å². The van der Waals surface area contributed by atoms with Crippen LogP contribution in [0.5, 0.6) is 40.2 Å². The van der Waals surface area contributed by atoms with E-state index in [9.17, 15) is 28.8 Å². The predicted molar refractivity (Wildman–Crippen MR) is 278 cm³/mol. The molecule has 0 unspecified atom stereocenters. The van der Waals surface area contributed by atoms with Crippen LogP contribution >= 0.6 is 0 Å². The lowest BCUT2D eigenvalue weighted by Gasteiger charge is -2.14. The van der Waals surface area contributed by atoms with Gasteiger partial charge in [0, 0.05) is 36.1 Å². The Kier molecular flexibility index (Phi) is 15.5. The maximum atomic E-state index is 13.6. The quantitative estimate of drug-likeness (QED) is 0.0184. The van der Waals surface area contributed by atoms with Gasteiger partial charge >= 0.3 is 35.8 Å². The number of carbonyl (C=O) groups is 6. The van der Waals surface area contributed by atoms with Crippen molar-refractivity contribution < 1.29 is 71.4 Å². The van der Waals surface area contributed by atoms with E-state index in [-0.39, 0.29) is 63.4 Å². The van der Waals surface area contributed by atoms with E-state index in [1.54, 1.807) is 61.7 Å². The van der Waals surface area contributed by atoms with E-state index in [1.165, 1.54) is 97.1 Å². The number of benzene rings is 8. The van der Waals surface area contributed by atoms with Gasteiger partial charge in [-0.1, -0.05) is 13.2 Å². The molecule has 1 heterocycles. The number of carbonyl (C=O) groups excluding carboxylic acids is 6. The minimum Gasteiger partial charge on any atom is -0.491 e. The van der Waals surface area contributed by atoms with Crippen LogP contribution in [0.25, 0.3) is 43.6 Å². The predicted octanol–water partition coefficient (Wildman–Crippen LogP) is 10.2. The van der Waals surface area contributed by atoms with Crippen LogP contribution in [0.3, 0.4) is 0 Å². The molecule has 1 aromatic heterocycles. The number of nitrogens with zero attached hydrogens (tertiary/aromatic N) is 2. The molecule has 9 rings (SSSR count). The summed E-state index contributed by atoms with van der Waals surface area (Å²) in [7, 11) is 1.60. The fourth-order valence-corrected chi connectivity index (χ4v) is 7.61. The van der Waals surface area contributed by atoms with E-state index in [4.69, 9.17) is 52.6 Å². The van der Waals surface area contributed by atoms with Gasteiger partial charge in [0.2, 0.25) is 0 Å². The lowest BCUT2D eigenvalue weighted by molar-refractivity contribution is -0.129. The van der Waals surface area contributed by atoms with E-state index >= 15 is 0 Å². The number of hydrogen-bond acceptors (Lipinski definition) is 17. The summed E-state index contributed by atoms with van der Waals surface area (Å²) in [6.07, 6.45) is 2.06. The summed E-state index contributed by atoms with van der Waals surface area (Å²) >= 11 is 0. The molecule has 0 N–H and O–H groups in total. The first-order valence-corrected chi connectivity index (χ1v) is 23.2. The van der Waals surface area contributed by atoms with E-state index in [1.807, 2.05) is 0 Å². The van der Waals surface area contributed by atoms with E-state index in [0.717, 1.165) is 22.9 Å². The summed E-state index contributed by atoms with van der Waals surface area (Å²) in [6, 6.07) is 38.8. The first kappa shape index (κ1) is 50.8. The van der Waals surface area contributed by atoms with Gasteiger partial charge in [-0.25, -0.2) is 38.7 Å². The third-order valence-corrected chi connectivity index (χ3v) is 11.3. The molecule has 0 saturated heterocycles. The van der Waals surface area contributed by atoms with E-state index in [0.29, 0.717) is 58.4 Å². The van der Waals surface area contributed by atoms with Gasteiger partial charge in [0.25, 0.3) is 0 Å². The van der Waals surface area contributed by atoms with Gasteiger partial charge in [0.05, 0.1) is 64.1 Å². The van der Waals surface area contributed by atoms with E-state index in [2.05, 4.69) is 13.2 Å². The van der Waals surface area contributed by atoms with Crippen molar-refractivity contribution in [3.8, 4) is 40.2 Å². The highest BCUT2D eigenvalue weighted by atomic mass is 16.6. The number of rotatable bonds is 19. The lowest BCUT2D eigenvalue weighted by atomic mass is 9.98. The maximum absolute atomic E-state index is 13.6. The summed E-state index contributed by atoms with van der Waals surface area (Å²) in [5.74, 6) is -2.16. The number of fused-ring (bicyclic) bond motifs is 7. The second-order valence-electron chi connectivity index (χ2n) is 16.3. The first-order valence-electron chi connectivity index (χ1n) is 23.2. The Morgan fingerprint density at radius 3 is 1.14 bits per heavy atom. The average molecular weight is 1020 g/mol. The fraction of sp³-hybridized carbons (Fsp3) is 0.0847. The highest BCUT2D eigenvalue weighted by Crippen LogP contribution is 2.38. The molecule has 0 aliphatic carbocycles. The number of esters is 6. The van der Waals surface area contributed by atoms with Crippen molar-refractivity contribution in [2.24, 2.45) is 0 Å². The Morgan fingerprint density at radius 2 is 0.737 bits per heavy atom. The Hall–Kier alpha value is -10.1. The molecular weight excluding hydrogens is 977 g/mol. The normalized spacial score (nSPS) is 10.9. The van der Waals surface area contributed by atoms with Gasteiger partial charge in [-0.05, 0) is 156 Å². The number of aromatic nitrogens is 2. The topological polar surface area (TPSA) is 211 Å².